The van der Waals surface area contributed by atoms with Crippen LogP contribution in [-0.2, 0) is 6.54 Å². The van der Waals surface area contributed by atoms with Crippen LogP contribution in [0.15, 0.2) is 34.9 Å². The molecule has 0 N–H and O–H groups in total. The lowest BCUT2D eigenvalue weighted by atomic mass is 10.2. The summed E-state index contributed by atoms with van der Waals surface area (Å²) in [4.78, 5) is 17.6. The van der Waals surface area contributed by atoms with Crippen LogP contribution in [0.5, 0.6) is 0 Å². The van der Waals surface area contributed by atoms with Gasteiger partial charge in [0.25, 0.3) is 5.91 Å². The normalized spacial score (nSPS) is 9.95. The molecule has 0 bridgehead atoms. The summed E-state index contributed by atoms with van der Waals surface area (Å²) in [7, 11) is 1.67. The van der Waals surface area contributed by atoms with Crippen molar-refractivity contribution < 1.29 is 9.21 Å². The molecule has 5 heteroatoms. The number of furan rings is 1. The number of hydrogen-bond acceptors (Lipinski definition) is 4. The molecule has 5 nitrogen and oxygen atoms in total. The Balaban J connectivity index is 2.12. The van der Waals surface area contributed by atoms with Crippen molar-refractivity contribution in [3.05, 3.63) is 53.2 Å². The van der Waals surface area contributed by atoms with Gasteiger partial charge in [-0.05, 0) is 31.2 Å². The SMILES string of the molecule is Cc1ccc(CN(C)C(=O)c2cc(C#N)ccn2)o1. The van der Waals surface area contributed by atoms with Gasteiger partial charge in [-0.2, -0.15) is 5.26 Å². The zero-order valence-corrected chi connectivity index (χ0v) is 10.8. The van der Waals surface area contributed by atoms with Crippen LogP contribution in [0.4, 0.5) is 0 Å². The van der Waals surface area contributed by atoms with Gasteiger partial charge in [0, 0.05) is 13.2 Å². The van der Waals surface area contributed by atoms with Crippen molar-refractivity contribution in [1.29, 1.82) is 5.26 Å². The Hall–Kier alpha value is -2.61. The number of aromatic nitrogens is 1. The third-order valence-electron chi connectivity index (χ3n) is 2.64. The van der Waals surface area contributed by atoms with Gasteiger partial charge < -0.3 is 9.32 Å². The average Bonchev–Trinajstić information content (AvgIpc) is 2.83. The number of amides is 1. The van der Waals surface area contributed by atoms with Crippen molar-refractivity contribution in [1.82, 2.24) is 9.88 Å². The zero-order valence-electron chi connectivity index (χ0n) is 10.8. The molecule has 19 heavy (non-hydrogen) atoms. The van der Waals surface area contributed by atoms with Crippen molar-refractivity contribution in [3.8, 4) is 6.07 Å². The number of aryl methyl sites for hydroxylation is 1. The van der Waals surface area contributed by atoms with Gasteiger partial charge in [-0.25, -0.2) is 0 Å². The largest absolute Gasteiger partial charge is 0.464 e. The Morgan fingerprint density at radius 1 is 1.47 bits per heavy atom. The monoisotopic (exact) mass is 255 g/mol. The fourth-order valence-corrected chi connectivity index (χ4v) is 1.69. The molecule has 0 aliphatic heterocycles. The van der Waals surface area contributed by atoms with E-state index in [1.165, 1.54) is 17.2 Å². The maximum Gasteiger partial charge on any atom is 0.272 e. The zero-order chi connectivity index (χ0) is 13.8. The number of rotatable bonds is 3. The molecule has 0 saturated carbocycles. The highest BCUT2D eigenvalue weighted by Crippen LogP contribution is 2.11. The third-order valence-corrected chi connectivity index (χ3v) is 2.64. The summed E-state index contributed by atoms with van der Waals surface area (Å²) in [5.74, 6) is 1.27. The van der Waals surface area contributed by atoms with Gasteiger partial charge in [0.15, 0.2) is 0 Å². The lowest BCUT2D eigenvalue weighted by molar-refractivity contribution is 0.0769. The molecule has 0 saturated heterocycles. The lowest BCUT2D eigenvalue weighted by Gasteiger charge is -2.15. The highest BCUT2D eigenvalue weighted by Gasteiger charge is 2.15. The molecule has 96 valence electrons. The molecule has 0 aliphatic carbocycles. The fraction of sp³-hybridized carbons (Fsp3) is 0.214. The minimum Gasteiger partial charge on any atom is -0.464 e. The van der Waals surface area contributed by atoms with Gasteiger partial charge in [0.05, 0.1) is 18.2 Å². The van der Waals surface area contributed by atoms with Crippen molar-refractivity contribution >= 4 is 5.91 Å². The number of carbonyl (C=O) groups is 1. The summed E-state index contributed by atoms with van der Waals surface area (Å²) >= 11 is 0. The predicted molar refractivity (Wildman–Crippen MR) is 68.2 cm³/mol. The van der Waals surface area contributed by atoms with Crippen LogP contribution in [0.2, 0.25) is 0 Å². The van der Waals surface area contributed by atoms with Crippen LogP contribution in [-0.4, -0.2) is 22.8 Å². The Bertz CT molecular complexity index is 640. The second-order valence-corrected chi connectivity index (χ2v) is 4.22. The highest BCUT2D eigenvalue weighted by atomic mass is 16.3. The van der Waals surface area contributed by atoms with E-state index in [2.05, 4.69) is 4.98 Å². The number of nitriles is 1. The topological polar surface area (TPSA) is 70.1 Å². The first-order chi connectivity index (χ1) is 9.10. The van der Waals surface area contributed by atoms with E-state index in [0.717, 1.165) is 5.76 Å². The van der Waals surface area contributed by atoms with Gasteiger partial charge in [-0.1, -0.05) is 0 Å². The first-order valence-corrected chi connectivity index (χ1v) is 5.77. The van der Waals surface area contributed by atoms with Crippen LogP contribution in [0.1, 0.15) is 27.6 Å². The average molecular weight is 255 g/mol. The first kappa shape index (κ1) is 12.8. The van der Waals surface area contributed by atoms with Crippen molar-refractivity contribution in [2.45, 2.75) is 13.5 Å². The van der Waals surface area contributed by atoms with E-state index in [9.17, 15) is 4.79 Å². The molecule has 2 heterocycles. The predicted octanol–water partition coefficient (Wildman–Crippen LogP) is 2.13. The van der Waals surface area contributed by atoms with Crippen LogP contribution >= 0.6 is 0 Å². The van der Waals surface area contributed by atoms with Crippen LogP contribution in [0.3, 0.4) is 0 Å². The van der Waals surface area contributed by atoms with Crippen molar-refractivity contribution in [2.75, 3.05) is 7.05 Å². The molecule has 0 atom stereocenters. The Morgan fingerprint density at radius 2 is 2.26 bits per heavy atom. The fourth-order valence-electron chi connectivity index (χ4n) is 1.69. The molecule has 0 spiro atoms. The maximum atomic E-state index is 12.1. The van der Waals surface area contributed by atoms with E-state index in [0.29, 0.717) is 17.9 Å². The standard InChI is InChI=1S/C14H13N3O2/c1-10-3-4-12(19-10)9-17(2)14(18)13-7-11(8-15)5-6-16-13/h3-7H,9H2,1-2H3. The molecular formula is C14H13N3O2. The van der Waals surface area contributed by atoms with Crippen LogP contribution < -0.4 is 0 Å². The van der Waals surface area contributed by atoms with Gasteiger partial charge in [-0.15, -0.1) is 0 Å². The third kappa shape index (κ3) is 2.99. The number of carbonyl (C=O) groups excluding carboxylic acids is 1. The van der Waals surface area contributed by atoms with E-state index >= 15 is 0 Å². The summed E-state index contributed by atoms with van der Waals surface area (Å²) in [6.45, 7) is 2.22. The van der Waals surface area contributed by atoms with E-state index < -0.39 is 0 Å². The molecule has 0 fully saturated rings. The first-order valence-electron chi connectivity index (χ1n) is 5.77. The summed E-state index contributed by atoms with van der Waals surface area (Å²) < 4.78 is 5.42. The van der Waals surface area contributed by atoms with Gasteiger partial charge in [0.2, 0.25) is 0 Å². The molecule has 2 aromatic rings. The molecule has 2 aromatic heterocycles. The lowest BCUT2D eigenvalue weighted by Crippen LogP contribution is -2.26. The maximum absolute atomic E-state index is 12.1. The molecule has 2 rings (SSSR count). The summed E-state index contributed by atoms with van der Waals surface area (Å²) in [6.07, 6.45) is 1.46. The summed E-state index contributed by atoms with van der Waals surface area (Å²) in [5, 5.41) is 8.80. The molecule has 1 amide bonds. The van der Waals surface area contributed by atoms with E-state index in [4.69, 9.17) is 9.68 Å². The smallest absolute Gasteiger partial charge is 0.272 e. The Labute approximate surface area is 111 Å². The number of pyridine rings is 1. The van der Waals surface area contributed by atoms with Crippen LogP contribution in [0.25, 0.3) is 0 Å². The minimum atomic E-state index is -0.244. The van der Waals surface area contributed by atoms with E-state index in [-0.39, 0.29) is 11.6 Å². The van der Waals surface area contributed by atoms with Crippen LogP contribution in [0, 0.1) is 18.3 Å². The summed E-state index contributed by atoms with van der Waals surface area (Å²) in [6, 6.07) is 8.71. The highest BCUT2D eigenvalue weighted by molar-refractivity contribution is 5.92. The number of nitrogens with zero attached hydrogens (tertiary/aromatic N) is 3. The molecule has 0 unspecified atom stereocenters. The summed E-state index contributed by atoms with van der Waals surface area (Å²) in [5.41, 5.74) is 0.672. The molecule has 0 aromatic carbocycles. The minimum absolute atomic E-state index is 0.244. The van der Waals surface area contributed by atoms with Gasteiger partial charge in [-0.3, -0.25) is 9.78 Å². The number of hydrogen-bond donors (Lipinski definition) is 0. The van der Waals surface area contributed by atoms with Gasteiger partial charge >= 0.3 is 0 Å². The molecule has 0 radical (unpaired) electrons. The van der Waals surface area contributed by atoms with Crippen molar-refractivity contribution in [2.24, 2.45) is 0 Å². The quantitative estimate of drug-likeness (QED) is 0.842. The van der Waals surface area contributed by atoms with E-state index in [1.54, 1.807) is 13.1 Å². The van der Waals surface area contributed by atoms with Gasteiger partial charge in [0.1, 0.15) is 17.2 Å². The van der Waals surface area contributed by atoms with E-state index in [1.807, 2.05) is 25.1 Å². The Kier molecular flexibility index (Phi) is 3.62. The molecule has 0 aliphatic rings. The van der Waals surface area contributed by atoms with Crippen molar-refractivity contribution in [3.63, 3.8) is 0 Å². The second-order valence-electron chi connectivity index (χ2n) is 4.22. The Morgan fingerprint density at radius 3 is 2.89 bits per heavy atom. The molecular weight excluding hydrogens is 242 g/mol. The second kappa shape index (κ2) is 5.36.